The van der Waals surface area contributed by atoms with Crippen LogP contribution in [0.25, 0.3) is 16.8 Å². The Balaban J connectivity index is 1.88. The minimum atomic E-state index is -0.811. The standard InChI is InChI=1S/C20H18N6O2/c21-10-2-4-13-3-1-5-15(11-13)14-6-8-16(9-7-14)26-12-17(24-20(23)28)18(25-26)19(22)27/h1,3,5-9,11-12H,2,4H2,(H2,22,27)(H3,23,24,28). The molecule has 0 aliphatic rings. The SMILES string of the molecule is N#CCCc1cccc(-c2ccc(-n3cc(NC(N)=O)c(C(N)=O)n3)cc2)c1. The van der Waals surface area contributed by atoms with Crippen LogP contribution in [0, 0.1) is 11.3 Å². The van der Waals surface area contributed by atoms with Gasteiger partial charge in [0.05, 0.1) is 23.6 Å². The number of aryl methyl sites for hydroxylation is 1. The van der Waals surface area contributed by atoms with Gasteiger partial charge < -0.3 is 16.8 Å². The van der Waals surface area contributed by atoms with E-state index >= 15 is 0 Å². The van der Waals surface area contributed by atoms with Gasteiger partial charge in [-0.1, -0.05) is 36.4 Å². The molecule has 3 amide bonds. The molecule has 2 aromatic carbocycles. The van der Waals surface area contributed by atoms with Crippen molar-refractivity contribution in [3.8, 4) is 22.9 Å². The summed E-state index contributed by atoms with van der Waals surface area (Å²) in [7, 11) is 0. The lowest BCUT2D eigenvalue weighted by Gasteiger charge is -2.06. The fraction of sp³-hybridized carbons (Fsp3) is 0.100. The first-order valence-corrected chi connectivity index (χ1v) is 8.50. The van der Waals surface area contributed by atoms with Gasteiger partial charge in [0, 0.05) is 6.42 Å². The molecule has 8 nitrogen and oxygen atoms in total. The number of anilines is 1. The van der Waals surface area contributed by atoms with Gasteiger partial charge in [-0.3, -0.25) is 4.79 Å². The van der Waals surface area contributed by atoms with E-state index in [1.54, 1.807) is 0 Å². The van der Waals surface area contributed by atoms with Crippen molar-refractivity contribution in [3.05, 3.63) is 66.0 Å². The Morgan fingerprint density at radius 3 is 2.50 bits per heavy atom. The van der Waals surface area contributed by atoms with Crippen LogP contribution in [0.1, 0.15) is 22.5 Å². The van der Waals surface area contributed by atoms with Crippen LogP contribution in [-0.4, -0.2) is 21.7 Å². The van der Waals surface area contributed by atoms with E-state index in [-0.39, 0.29) is 11.4 Å². The predicted molar refractivity (Wildman–Crippen MR) is 105 cm³/mol. The van der Waals surface area contributed by atoms with Crippen molar-refractivity contribution < 1.29 is 9.59 Å². The number of amides is 3. The third-order valence-electron chi connectivity index (χ3n) is 4.12. The fourth-order valence-electron chi connectivity index (χ4n) is 2.83. The Bertz CT molecular complexity index is 1060. The summed E-state index contributed by atoms with van der Waals surface area (Å²) in [6.45, 7) is 0. The molecule has 0 radical (unpaired) electrons. The molecule has 0 aliphatic carbocycles. The van der Waals surface area contributed by atoms with Crippen molar-refractivity contribution in [2.24, 2.45) is 11.5 Å². The number of hydrogen-bond acceptors (Lipinski definition) is 4. The second kappa shape index (κ2) is 8.05. The average Bonchev–Trinajstić information content (AvgIpc) is 3.10. The molecule has 0 unspecified atom stereocenters. The molecule has 3 rings (SSSR count). The van der Waals surface area contributed by atoms with Crippen molar-refractivity contribution in [1.82, 2.24) is 9.78 Å². The Kier molecular flexibility index (Phi) is 5.37. The summed E-state index contributed by atoms with van der Waals surface area (Å²) in [5.41, 5.74) is 14.3. The number of nitrogens with two attached hydrogens (primary N) is 2. The molecule has 0 fully saturated rings. The maximum atomic E-state index is 11.5. The van der Waals surface area contributed by atoms with Gasteiger partial charge in [0.2, 0.25) is 0 Å². The Morgan fingerprint density at radius 1 is 1.11 bits per heavy atom. The van der Waals surface area contributed by atoms with Crippen molar-refractivity contribution in [2.75, 3.05) is 5.32 Å². The molecule has 0 spiro atoms. The van der Waals surface area contributed by atoms with Crippen molar-refractivity contribution in [2.45, 2.75) is 12.8 Å². The number of primary amides is 2. The van der Waals surface area contributed by atoms with E-state index in [1.807, 2.05) is 42.5 Å². The van der Waals surface area contributed by atoms with Gasteiger partial charge in [0.25, 0.3) is 5.91 Å². The zero-order valence-electron chi connectivity index (χ0n) is 14.9. The molecule has 5 N–H and O–H groups in total. The highest BCUT2D eigenvalue weighted by atomic mass is 16.2. The van der Waals surface area contributed by atoms with Crippen LogP contribution in [0.2, 0.25) is 0 Å². The van der Waals surface area contributed by atoms with E-state index < -0.39 is 11.9 Å². The maximum Gasteiger partial charge on any atom is 0.316 e. The van der Waals surface area contributed by atoms with Crippen molar-refractivity contribution in [3.63, 3.8) is 0 Å². The molecule has 0 aliphatic heterocycles. The summed E-state index contributed by atoms with van der Waals surface area (Å²) < 4.78 is 1.44. The lowest BCUT2D eigenvalue weighted by atomic mass is 10.0. The number of benzene rings is 2. The summed E-state index contributed by atoms with van der Waals surface area (Å²) in [6.07, 6.45) is 2.66. The number of hydrogen-bond donors (Lipinski definition) is 3. The highest BCUT2D eigenvalue weighted by molar-refractivity contribution is 6.00. The molecule has 1 heterocycles. The maximum absolute atomic E-state index is 11.5. The zero-order chi connectivity index (χ0) is 20.1. The van der Waals surface area contributed by atoms with Gasteiger partial charge in [0.1, 0.15) is 0 Å². The molecule has 0 atom stereocenters. The van der Waals surface area contributed by atoms with E-state index in [9.17, 15) is 9.59 Å². The largest absolute Gasteiger partial charge is 0.364 e. The lowest BCUT2D eigenvalue weighted by molar-refractivity contribution is 0.0996. The molecule has 0 saturated heterocycles. The predicted octanol–water partition coefficient (Wildman–Crippen LogP) is 2.58. The van der Waals surface area contributed by atoms with E-state index in [0.717, 1.165) is 16.7 Å². The molecule has 1 aromatic heterocycles. The van der Waals surface area contributed by atoms with Crippen LogP contribution < -0.4 is 16.8 Å². The Hall–Kier alpha value is -4.12. The number of carbonyl (C=O) groups is 2. The smallest absolute Gasteiger partial charge is 0.316 e. The normalized spacial score (nSPS) is 10.2. The van der Waals surface area contributed by atoms with Crippen LogP contribution in [-0.2, 0) is 6.42 Å². The third-order valence-corrected chi connectivity index (χ3v) is 4.12. The molecular weight excluding hydrogens is 356 g/mol. The number of carbonyl (C=O) groups excluding carboxylic acids is 2. The van der Waals surface area contributed by atoms with E-state index in [0.29, 0.717) is 18.5 Å². The van der Waals surface area contributed by atoms with Gasteiger partial charge in [-0.05, 0) is 35.2 Å². The molecule has 0 saturated carbocycles. The summed E-state index contributed by atoms with van der Waals surface area (Å²) >= 11 is 0. The number of aromatic nitrogens is 2. The second-order valence-corrected chi connectivity index (χ2v) is 6.09. The summed E-state index contributed by atoms with van der Waals surface area (Å²) in [5, 5.41) is 15.2. The van der Waals surface area contributed by atoms with E-state index in [2.05, 4.69) is 22.6 Å². The molecule has 28 heavy (non-hydrogen) atoms. The van der Waals surface area contributed by atoms with Crippen molar-refractivity contribution in [1.29, 1.82) is 5.26 Å². The van der Waals surface area contributed by atoms with Crippen LogP contribution in [0.15, 0.2) is 54.7 Å². The number of urea groups is 1. The highest BCUT2D eigenvalue weighted by Gasteiger charge is 2.16. The number of nitrogens with zero attached hydrogens (tertiary/aromatic N) is 3. The number of nitrogens with one attached hydrogen (secondary N) is 1. The topological polar surface area (TPSA) is 140 Å². The average molecular weight is 374 g/mol. The lowest BCUT2D eigenvalue weighted by Crippen LogP contribution is -2.22. The second-order valence-electron chi connectivity index (χ2n) is 6.09. The van der Waals surface area contributed by atoms with Gasteiger partial charge in [0.15, 0.2) is 5.69 Å². The first kappa shape index (κ1) is 18.7. The van der Waals surface area contributed by atoms with Crippen LogP contribution in [0.4, 0.5) is 10.5 Å². The first-order valence-electron chi connectivity index (χ1n) is 8.50. The highest BCUT2D eigenvalue weighted by Crippen LogP contribution is 2.24. The summed E-state index contributed by atoms with van der Waals surface area (Å²) in [4.78, 5) is 22.6. The first-order chi connectivity index (χ1) is 13.5. The monoisotopic (exact) mass is 374 g/mol. The number of nitriles is 1. The minimum absolute atomic E-state index is 0.0759. The van der Waals surface area contributed by atoms with Gasteiger partial charge >= 0.3 is 6.03 Å². The summed E-state index contributed by atoms with van der Waals surface area (Å²) in [6, 6.07) is 16.9. The van der Waals surface area contributed by atoms with Gasteiger partial charge in [-0.25, -0.2) is 9.48 Å². The zero-order valence-corrected chi connectivity index (χ0v) is 14.9. The molecular formula is C20H18N6O2. The Labute approximate surface area is 161 Å². The number of rotatable bonds is 6. The quantitative estimate of drug-likeness (QED) is 0.610. The molecule has 0 bridgehead atoms. The summed E-state index contributed by atoms with van der Waals surface area (Å²) in [5.74, 6) is -0.770. The van der Waals surface area contributed by atoms with Gasteiger partial charge in [-0.15, -0.1) is 0 Å². The van der Waals surface area contributed by atoms with E-state index in [4.69, 9.17) is 16.7 Å². The van der Waals surface area contributed by atoms with E-state index in [1.165, 1.54) is 10.9 Å². The molecule has 8 heteroatoms. The third kappa shape index (κ3) is 4.16. The molecule has 3 aromatic rings. The van der Waals surface area contributed by atoms with Crippen LogP contribution in [0.5, 0.6) is 0 Å². The van der Waals surface area contributed by atoms with Crippen LogP contribution in [0.3, 0.4) is 0 Å². The Morgan fingerprint density at radius 2 is 1.86 bits per heavy atom. The van der Waals surface area contributed by atoms with Crippen LogP contribution >= 0.6 is 0 Å². The fourth-order valence-corrected chi connectivity index (χ4v) is 2.83. The van der Waals surface area contributed by atoms with Gasteiger partial charge in [-0.2, -0.15) is 10.4 Å². The van der Waals surface area contributed by atoms with Crippen molar-refractivity contribution >= 4 is 17.6 Å². The molecule has 140 valence electrons. The minimum Gasteiger partial charge on any atom is -0.364 e.